The molecule has 0 aliphatic rings. The maximum Gasteiger partial charge on any atom is 0.0715 e. The Morgan fingerprint density at radius 1 is 0.396 bits per heavy atom. The van der Waals surface area contributed by atoms with Crippen molar-refractivity contribution in [2.75, 3.05) is 18.0 Å². The Labute approximate surface area is 328 Å². The molecule has 3 N–H and O–H groups in total. The third-order valence-electron chi connectivity index (χ3n) is 11.3. The molecule has 0 aliphatic carbocycles. The molecule has 0 spiro atoms. The molecule has 4 nitrogen and oxygen atoms in total. The van der Waals surface area contributed by atoms with E-state index in [1.54, 1.807) is 0 Å². The molecule has 0 bridgehead atoms. The Morgan fingerprint density at radius 2 is 0.755 bits per heavy atom. The van der Waals surface area contributed by atoms with Crippen LogP contribution >= 0.6 is 0 Å². The fraction of sp³-hybridized carbons (Fsp3) is 0.755. The van der Waals surface area contributed by atoms with Gasteiger partial charge >= 0.3 is 0 Å². The summed E-state index contributed by atoms with van der Waals surface area (Å²) in [4.78, 5) is 2.27. The van der Waals surface area contributed by atoms with E-state index >= 15 is 0 Å². The average molecular weight is 736 g/mol. The first-order valence-electron chi connectivity index (χ1n) is 23.0. The van der Waals surface area contributed by atoms with Crippen molar-refractivity contribution in [2.45, 2.75) is 225 Å². The third-order valence-corrected chi connectivity index (χ3v) is 11.3. The topological polar surface area (TPSA) is 63.9 Å². The zero-order chi connectivity index (χ0) is 38.2. The van der Waals surface area contributed by atoms with Gasteiger partial charge < -0.3 is 20.2 Å². The SMILES string of the molecule is CCCCCCCCCCC(O)CCc1ccccc1-c1ccccc1N(CC(O)CCCCCCCCCC)CC(O)CCCCCCCCCC. The number of aliphatic hydroxyl groups excluding tert-OH is 3. The van der Waals surface area contributed by atoms with Gasteiger partial charge in [-0.05, 0) is 49.3 Å². The number of hydrogen-bond donors (Lipinski definition) is 3. The molecule has 0 fully saturated rings. The Bertz CT molecular complexity index is 1080. The van der Waals surface area contributed by atoms with Crippen molar-refractivity contribution in [1.29, 1.82) is 0 Å². The summed E-state index contributed by atoms with van der Waals surface area (Å²) >= 11 is 0. The predicted octanol–water partition coefficient (Wildman–Crippen LogP) is 13.8. The molecule has 2 aromatic rings. The molecule has 304 valence electrons. The predicted molar refractivity (Wildman–Crippen MR) is 232 cm³/mol. The van der Waals surface area contributed by atoms with Crippen molar-refractivity contribution in [3.63, 3.8) is 0 Å². The standard InChI is InChI=1S/C49H85NO3/c1-4-7-10-13-16-19-22-25-33-44(51)40-39-43-32-28-29-36-47(43)48-37-30-31-38-49(48)50(41-45(52)34-26-23-20-17-14-11-8-5-2)42-46(53)35-27-24-21-18-15-12-9-6-3/h28-32,36-38,44-46,51-53H,4-27,33-35,39-42H2,1-3H3. The van der Waals surface area contributed by atoms with E-state index in [0.29, 0.717) is 13.1 Å². The molecule has 3 atom stereocenters. The molecule has 4 heteroatoms. The normalized spacial score (nSPS) is 13.3. The van der Waals surface area contributed by atoms with E-state index in [1.807, 2.05) is 0 Å². The fourth-order valence-corrected chi connectivity index (χ4v) is 7.95. The van der Waals surface area contributed by atoms with E-state index in [2.05, 4.69) is 74.2 Å². The molecule has 2 aromatic carbocycles. The van der Waals surface area contributed by atoms with Gasteiger partial charge in [0.05, 0.1) is 18.3 Å². The Hall–Kier alpha value is -1.88. The van der Waals surface area contributed by atoms with Crippen LogP contribution < -0.4 is 4.90 Å². The monoisotopic (exact) mass is 736 g/mol. The second-order valence-corrected chi connectivity index (χ2v) is 16.4. The van der Waals surface area contributed by atoms with Crippen LogP contribution in [0.3, 0.4) is 0 Å². The van der Waals surface area contributed by atoms with Gasteiger partial charge in [-0.25, -0.2) is 0 Å². The minimum absolute atomic E-state index is 0.270. The molecule has 53 heavy (non-hydrogen) atoms. The highest BCUT2D eigenvalue weighted by molar-refractivity contribution is 5.80. The number of aliphatic hydroxyl groups is 3. The molecule has 0 aliphatic heterocycles. The summed E-state index contributed by atoms with van der Waals surface area (Å²) in [6.07, 6.45) is 33.4. The van der Waals surface area contributed by atoms with Gasteiger partial charge in [0, 0.05) is 24.3 Å². The number of anilines is 1. The van der Waals surface area contributed by atoms with Crippen molar-refractivity contribution in [3.05, 3.63) is 54.1 Å². The zero-order valence-corrected chi connectivity index (χ0v) is 35.1. The van der Waals surface area contributed by atoms with E-state index in [1.165, 1.54) is 146 Å². The van der Waals surface area contributed by atoms with Crippen LogP contribution in [0.2, 0.25) is 0 Å². The van der Waals surface area contributed by atoms with Gasteiger partial charge in [-0.15, -0.1) is 0 Å². The maximum atomic E-state index is 11.4. The van der Waals surface area contributed by atoms with Crippen LogP contribution in [0.15, 0.2) is 48.5 Å². The van der Waals surface area contributed by atoms with Crippen molar-refractivity contribution < 1.29 is 15.3 Å². The van der Waals surface area contributed by atoms with Crippen LogP contribution in [0.1, 0.15) is 206 Å². The second-order valence-electron chi connectivity index (χ2n) is 16.4. The fourth-order valence-electron chi connectivity index (χ4n) is 7.95. The molecule has 3 unspecified atom stereocenters. The first kappa shape index (κ1) is 47.3. The van der Waals surface area contributed by atoms with Crippen molar-refractivity contribution in [1.82, 2.24) is 0 Å². The lowest BCUT2D eigenvalue weighted by Crippen LogP contribution is -2.38. The van der Waals surface area contributed by atoms with E-state index in [9.17, 15) is 15.3 Å². The number of aryl methyl sites for hydroxylation is 1. The van der Waals surface area contributed by atoms with Crippen molar-refractivity contribution in [2.24, 2.45) is 0 Å². The molecular weight excluding hydrogens is 651 g/mol. The number of rotatable bonds is 36. The number of hydrogen-bond acceptors (Lipinski definition) is 4. The molecule has 2 rings (SSSR count). The Morgan fingerprint density at radius 3 is 1.21 bits per heavy atom. The number of benzene rings is 2. The molecule has 0 amide bonds. The lowest BCUT2D eigenvalue weighted by molar-refractivity contribution is 0.145. The van der Waals surface area contributed by atoms with Gasteiger partial charge in [-0.2, -0.15) is 0 Å². The number of nitrogens with zero attached hydrogens (tertiary/aromatic N) is 1. The second kappa shape index (κ2) is 32.4. The first-order chi connectivity index (χ1) is 26.0. The van der Waals surface area contributed by atoms with E-state index in [4.69, 9.17) is 0 Å². The summed E-state index contributed by atoms with van der Waals surface area (Å²) < 4.78 is 0. The zero-order valence-electron chi connectivity index (χ0n) is 35.1. The first-order valence-corrected chi connectivity index (χ1v) is 23.0. The van der Waals surface area contributed by atoms with Gasteiger partial charge in [0.15, 0.2) is 0 Å². The van der Waals surface area contributed by atoms with Crippen LogP contribution in [-0.2, 0) is 6.42 Å². The largest absolute Gasteiger partial charge is 0.393 e. The Balaban J connectivity index is 2.06. The quantitative estimate of drug-likeness (QED) is 0.0610. The van der Waals surface area contributed by atoms with Crippen molar-refractivity contribution in [3.8, 4) is 11.1 Å². The smallest absolute Gasteiger partial charge is 0.0715 e. The summed E-state index contributed by atoms with van der Waals surface area (Å²) in [6, 6.07) is 17.2. The van der Waals surface area contributed by atoms with Gasteiger partial charge in [-0.1, -0.05) is 217 Å². The summed E-state index contributed by atoms with van der Waals surface area (Å²) in [5, 5.41) is 33.7. The highest BCUT2D eigenvalue weighted by atomic mass is 16.3. The lowest BCUT2D eigenvalue weighted by Gasteiger charge is -2.32. The summed E-state index contributed by atoms with van der Waals surface area (Å²) in [6.45, 7) is 7.86. The number of unbranched alkanes of at least 4 members (excludes halogenated alkanes) is 21. The minimum Gasteiger partial charge on any atom is -0.393 e. The van der Waals surface area contributed by atoms with E-state index < -0.39 is 12.2 Å². The van der Waals surface area contributed by atoms with Crippen LogP contribution in [0.4, 0.5) is 5.69 Å². The number of para-hydroxylation sites is 1. The summed E-state index contributed by atoms with van der Waals surface area (Å²) in [5.74, 6) is 0. The highest BCUT2D eigenvalue weighted by Crippen LogP contribution is 2.35. The molecule has 0 saturated heterocycles. The van der Waals surface area contributed by atoms with E-state index in [-0.39, 0.29) is 6.10 Å². The minimum atomic E-state index is -0.430. The van der Waals surface area contributed by atoms with Gasteiger partial charge in [0.25, 0.3) is 0 Å². The molecule has 0 saturated carbocycles. The molecular formula is C49H85NO3. The summed E-state index contributed by atoms with van der Waals surface area (Å²) in [5.41, 5.74) is 4.69. The van der Waals surface area contributed by atoms with Gasteiger partial charge in [0.1, 0.15) is 0 Å². The lowest BCUT2D eigenvalue weighted by atomic mass is 9.93. The van der Waals surface area contributed by atoms with Crippen LogP contribution in [0.25, 0.3) is 11.1 Å². The molecule has 0 aromatic heterocycles. The van der Waals surface area contributed by atoms with Crippen LogP contribution in [-0.4, -0.2) is 46.7 Å². The molecule has 0 heterocycles. The van der Waals surface area contributed by atoms with Crippen molar-refractivity contribution >= 4 is 5.69 Å². The van der Waals surface area contributed by atoms with Gasteiger partial charge in [-0.3, -0.25) is 0 Å². The van der Waals surface area contributed by atoms with Gasteiger partial charge in [0.2, 0.25) is 0 Å². The average Bonchev–Trinajstić information content (AvgIpc) is 3.17. The maximum absolute atomic E-state index is 11.4. The third kappa shape index (κ3) is 22.9. The van der Waals surface area contributed by atoms with Crippen LogP contribution in [0, 0.1) is 0 Å². The Kier molecular flexibility index (Phi) is 28.9. The highest BCUT2D eigenvalue weighted by Gasteiger charge is 2.21. The summed E-state index contributed by atoms with van der Waals surface area (Å²) in [7, 11) is 0. The van der Waals surface area contributed by atoms with E-state index in [0.717, 1.165) is 62.6 Å². The van der Waals surface area contributed by atoms with Crippen LogP contribution in [0.5, 0.6) is 0 Å². The molecule has 0 radical (unpaired) electrons.